The van der Waals surface area contributed by atoms with E-state index in [4.69, 9.17) is 9.88 Å². The molecule has 1 aromatic heterocycles. The maximum Gasteiger partial charge on any atom is 0.349 e. The second-order valence-electron chi connectivity index (χ2n) is 3.52. The Morgan fingerprint density at radius 1 is 1.39 bits per heavy atom. The molecule has 7 heteroatoms. The van der Waals surface area contributed by atoms with Gasteiger partial charge in [-0.05, 0) is 13.0 Å². The Labute approximate surface area is 108 Å². The number of rotatable bonds is 3. The van der Waals surface area contributed by atoms with Crippen LogP contribution >= 0.6 is 11.3 Å². The number of nitrogens with two attached hydrogens (primary N) is 1. The number of hydrogen-bond donors (Lipinski definition) is 1. The summed E-state index contributed by atoms with van der Waals surface area (Å²) in [7, 11) is -3.97. The van der Waals surface area contributed by atoms with Crippen molar-refractivity contribution in [3.63, 3.8) is 0 Å². The molecule has 18 heavy (non-hydrogen) atoms. The third-order valence-electron chi connectivity index (χ3n) is 2.30. The van der Waals surface area contributed by atoms with Gasteiger partial charge in [-0.2, -0.15) is 0 Å². The Morgan fingerprint density at radius 3 is 2.67 bits per heavy atom. The van der Waals surface area contributed by atoms with Gasteiger partial charge in [-0.25, -0.2) is 18.4 Å². The van der Waals surface area contributed by atoms with Crippen molar-refractivity contribution >= 4 is 37.4 Å². The summed E-state index contributed by atoms with van der Waals surface area (Å²) in [4.78, 5) is 11.6. The molecular formula is C11H11NO4S2. The van der Waals surface area contributed by atoms with Crippen LogP contribution in [0, 0.1) is 0 Å². The number of sulfonamides is 1. The minimum absolute atomic E-state index is 0.0283. The van der Waals surface area contributed by atoms with Gasteiger partial charge in [-0.3, -0.25) is 0 Å². The first kappa shape index (κ1) is 13.0. The molecule has 0 amide bonds. The Hall–Kier alpha value is -1.44. The van der Waals surface area contributed by atoms with Gasteiger partial charge in [0.25, 0.3) is 0 Å². The highest BCUT2D eigenvalue weighted by atomic mass is 32.2. The summed E-state index contributed by atoms with van der Waals surface area (Å²) in [6.07, 6.45) is 0. The van der Waals surface area contributed by atoms with Gasteiger partial charge < -0.3 is 4.74 Å². The van der Waals surface area contributed by atoms with Crippen molar-refractivity contribution in [1.82, 2.24) is 0 Å². The molecule has 96 valence electrons. The van der Waals surface area contributed by atoms with E-state index in [2.05, 4.69) is 0 Å². The maximum atomic E-state index is 11.8. The van der Waals surface area contributed by atoms with Crippen molar-refractivity contribution in [3.8, 4) is 0 Å². The summed E-state index contributed by atoms with van der Waals surface area (Å²) in [6, 6.07) is 6.81. The molecule has 0 aliphatic rings. The van der Waals surface area contributed by atoms with Crippen molar-refractivity contribution in [2.45, 2.75) is 11.8 Å². The minimum atomic E-state index is -3.97. The molecule has 0 aliphatic carbocycles. The minimum Gasteiger partial charge on any atom is -0.462 e. The molecule has 1 aromatic carbocycles. The third kappa shape index (κ3) is 2.24. The van der Waals surface area contributed by atoms with E-state index in [1.807, 2.05) is 0 Å². The summed E-state index contributed by atoms with van der Waals surface area (Å²) in [5, 5.41) is 5.63. The number of carbonyl (C=O) groups is 1. The molecule has 2 aromatic rings. The largest absolute Gasteiger partial charge is 0.462 e. The number of benzene rings is 1. The van der Waals surface area contributed by atoms with Gasteiger partial charge >= 0.3 is 5.97 Å². The lowest BCUT2D eigenvalue weighted by molar-refractivity contribution is 0.0528. The molecule has 2 N–H and O–H groups in total. The first-order valence-electron chi connectivity index (χ1n) is 5.16. The average molecular weight is 285 g/mol. The number of fused-ring (bicyclic) bond motifs is 1. The van der Waals surface area contributed by atoms with E-state index >= 15 is 0 Å². The zero-order valence-corrected chi connectivity index (χ0v) is 11.2. The van der Waals surface area contributed by atoms with Crippen molar-refractivity contribution in [2.24, 2.45) is 5.14 Å². The number of carbonyl (C=O) groups excluding carboxylic acids is 1. The second kappa shape index (κ2) is 4.68. The molecule has 0 aliphatic heterocycles. The quantitative estimate of drug-likeness (QED) is 0.870. The smallest absolute Gasteiger partial charge is 0.349 e. The van der Waals surface area contributed by atoms with E-state index in [0.29, 0.717) is 10.1 Å². The van der Waals surface area contributed by atoms with E-state index in [-0.39, 0.29) is 16.4 Å². The molecule has 0 spiro atoms. The van der Waals surface area contributed by atoms with Crippen molar-refractivity contribution in [1.29, 1.82) is 0 Å². The number of ether oxygens (including phenoxy) is 1. The summed E-state index contributed by atoms with van der Waals surface area (Å²) in [6.45, 7) is 1.83. The van der Waals surface area contributed by atoms with Crippen molar-refractivity contribution < 1.29 is 17.9 Å². The topological polar surface area (TPSA) is 86.5 Å². The van der Waals surface area contributed by atoms with Crippen molar-refractivity contribution in [3.05, 3.63) is 29.1 Å². The molecule has 0 radical (unpaired) electrons. The van der Waals surface area contributed by atoms with Gasteiger partial charge in [0.05, 0.1) is 6.61 Å². The fraction of sp³-hybridized carbons (Fsp3) is 0.182. The fourth-order valence-corrected chi connectivity index (χ4v) is 3.99. The van der Waals surface area contributed by atoms with Crippen LogP contribution in [0.15, 0.2) is 29.2 Å². The van der Waals surface area contributed by atoms with Crippen LogP contribution in [-0.4, -0.2) is 21.0 Å². The normalized spacial score (nSPS) is 11.7. The van der Waals surface area contributed by atoms with Crippen LogP contribution < -0.4 is 5.14 Å². The maximum absolute atomic E-state index is 11.8. The number of hydrogen-bond acceptors (Lipinski definition) is 5. The molecule has 0 bridgehead atoms. The Kier molecular flexibility index (Phi) is 3.38. The second-order valence-corrected chi connectivity index (χ2v) is 6.07. The lowest BCUT2D eigenvalue weighted by atomic mass is 10.2. The van der Waals surface area contributed by atoms with Crippen LogP contribution in [0.3, 0.4) is 0 Å². The summed E-state index contributed by atoms with van der Waals surface area (Å²) in [5.41, 5.74) is 0. The molecule has 0 fully saturated rings. The monoisotopic (exact) mass is 285 g/mol. The van der Waals surface area contributed by atoms with Crippen LogP contribution in [0.25, 0.3) is 10.1 Å². The van der Waals surface area contributed by atoms with E-state index < -0.39 is 16.0 Å². The zero-order valence-electron chi connectivity index (χ0n) is 9.54. The molecule has 0 atom stereocenters. The van der Waals surface area contributed by atoms with Gasteiger partial charge in [-0.15, -0.1) is 11.3 Å². The van der Waals surface area contributed by atoms with Gasteiger partial charge in [-0.1, -0.05) is 18.2 Å². The van der Waals surface area contributed by atoms with Crippen LogP contribution in [0.4, 0.5) is 0 Å². The average Bonchev–Trinajstić information content (AvgIpc) is 2.68. The highest BCUT2D eigenvalue weighted by molar-refractivity contribution is 7.89. The Bertz CT molecular complexity index is 703. The predicted molar refractivity (Wildman–Crippen MR) is 69.2 cm³/mol. The number of esters is 1. The van der Waals surface area contributed by atoms with Crippen LogP contribution in [0.1, 0.15) is 16.6 Å². The lowest BCUT2D eigenvalue weighted by Gasteiger charge is -2.01. The summed E-state index contributed by atoms with van der Waals surface area (Å²) >= 11 is 1.07. The molecule has 2 rings (SSSR count). The third-order valence-corrected chi connectivity index (χ3v) is 4.57. The Morgan fingerprint density at radius 2 is 2.06 bits per heavy atom. The molecule has 5 nitrogen and oxygen atoms in total. The van der Waals surface area contributed by atoms with Crippen molar-refractivity contribution in [2.75, 3.05) is 6.61 Å². The molecule has 0 unspecified atom stereocenters. The number of thiophene rings is 1. The predicted octanol–water partition coefficient (Wildman–Crippen LogP) is 1.73. The first-order valence-corrected chi connectivity index (χ1v) is 7.53. The van der Waals surface area contributed by atoms with E-state index in [0.717, 1.165) is 11.3 Å². The first-order chi connectivity index (χ1) is 8.45. The zero-order chi connectivity index (χ0) is 13.3. The van der Waals surface area contributed by atoms with E-state index in [1.54, 1.807) is 31.2 Å². The highest BCUT2D eigenvalue weighted by Crippen LogP contribution is 2.34. The molecular weight excluding hydrogens is 274 g/mol. The van der Waals surface area contributed by atoms with E-state index in [9.17, 15) is 13.2 Å². The van der Waals surface area contributed by atoms with Crippen LogP contribution in [-0.2, 0) is 14.8 Å². The van der Waals surface area contributed by atoms with Gasteiger partial charge in [0.2, 0.25) is 10.0 Å². The molecule has 0 saturated heterocycles. The van der Waals surface area contributed by atoms with Crippen LogP contribution in [0.5, 0.6) is 0 Å². The summed E-state index contributed by atoms with van der Waals surface area (Å²) < 4.78 is 28.8. The van der Waals surface area contributed by atoms with Gasteiger partial charge in [0.1, 0.15) is 9.77 Å². The lowest BCUT2D eigenvalue weighted by Crippen LogP contribution is -2.16. The van der Waals surface area contributed by atoms with Crippen LogP contribution in [0.2, 0.25) is 0 Å². The van der Waals surface area contributed by atoms with Gasteiger partial charge in [0, 0.05) is 10.1 Å². The van der Waals surface area contributed by atoms with Gasteiger partial charge in [0.15, 0.2) is 0 Å². The fourth-order valence-electron chi connectivity index (χ4n) is 1.64. The number of primary sulfonamides is 1. The molecule has 1 heterocycles. The summed E-state index contributed by atoms with van der Waals surface area (Å²) in [5.74, 6) is -0.664. The standard InChI is InChI=1S/C11H11NO4S2/c1-2-16-11(13)9-10(18(12,14)15)7-5-3-4-6-8(7)17-9/h3-6H,2H2,1H3,(H2,12,14,15). The molecule has 0 saturated carbocycles. The van der Waals surface area contributed by atoms with E-state index in [1.165, 1.54) is 0 Å². The SMILES string of the molecule is CCOC(=O)c1sc2ccccc2c1S(N)(=O)=O. The highest BCUT2D eigenvalue weighted by Gasteiger charge is 2.26. The Balaban J connectivity index is 2.77.